The van der Waals surface area contributed by atoms with Crippen LogP contribution in [0.4, 0.5) is 5.69 Å². The molecular weight excluding hydrogens is 336 g/mol. The standard InChI is InChI=1S/C11H17BrN2O2S2/c1-17-7-3-2-6-14-11-5-4-9(8-10(11)12)18(13,15)16/h4-5,8,14H,2-3,6-7H2,1H3,(H2,13,15,16). The third-order valence-electron chi connectivity index (χ3n) is 2.36. The molecule has 0 saturated carbocycles. The fourth-order valence-corrected chi connectivity index (χ4v) is 3.11. The molecule has 3 N–H and O–H groups in total. The Morgan fingerprint density at radius 3 is 2.67 bits per heavy atom. The maximum absolute atomic E-state index is 11.2. The van der Waals surface area contributed by atoms with E-state index in [1.165, 1.54) is 18.6 Å². The van der Waals surface area contributed by atoms with Gasteiger partial charge in [0, 0.05) is 16.7 Å². The van der Waals surface area contributed by atoms with E-state index in [0.29, 0.717) is 4.47 Å². The summed E-state index contributed by atoms with van der Waals surface area (Å²) in [5.74, 6) is 1.16. The van der Waals surface area contributed by atoms with Gasteiger partial charge in [0.15, 0.2) is 0 Å². The number of halogens is 1. The molecule has 0 unspecified atom stereocenters. The van der Waals surface area contributed by atoms with Crippen molar-refractivity contribution >= 4 is 43.4 Å². The summed E-state index contributed by atoms with van der Waals surface area (Å²) >= 11 is 5.17. The maximum Gasteiger partial charge on any atom is 0.238 e. The van der Waals surface area contributed by atoms with Crippen LogP contribution < -0.4 is 10.5 Å². The molecule has 102 valence electrons. The number of unbranched alkanes of at least 4 members (excludes halogenated alkanes) is 1. The lowest BCUT2D eigenvalue weighted by Gasteiger charge is -2.09. The fraction of sp³-hybridized carbons (Fsp3) is 0.455. The van der Waals surface area contributed by atoms with Gasteiger partial charge in [-0.15, -0.1) is 0 Å². The molecule has 0 amide bonds. The average molecular weight is 353 g/mol. The second-order valence-electron chi connectivity index (χ2n) is 3.81. The van der Waals surface area contributed by atoms with Crippen LogP contribution >= 0.6 is 27.7 Å². The molecule has 0 aromatic heterocycles. The molecule has 0 aliphatic carbocycles. The van der Waals surface area contributed by atoms with E-state index in [0.717, 1.165) is 24.4 Å². The molecular formula is C11H17BrN2O2S2. The molecule has 1 aromatic rings. The van der Waals surface area contributed by atoms with Gasteiger partial charge in [-0.2, -0.15) is 11.8 Å². The molecule has 0 bridgehead atoms. The zero-order chi connectivity index (χ0) is 13.6. The molecule has 4 nitrogen and oxygen atoms in total. The summed E-state index contributed by atoms with van der Waals surface area (Å²) in [6.07, 6.45) is 4.35. The van der Waals surface area contributed by atoms with Crippen molar-refractivity contribution in [2.24, 2.45) is 5.14 Å². The van der Waals surface area contributed by atoms with Gasteiger partial charge in [-0.25, -0.2) is 13.6 Å². The van der Waals surface area contributed by atoms with Crippen LogP contribution in [0.5, 0.6) is 0 Å². The smallest absolute Gasteiger partial charge is 0.238 e. The quantitative estimate of drug-likeness (QED) is 0.740. The van der Waals surface area contributed by atoms with E-state index in [9.17, 15) is 8.42 Å². The largest absolute Gasteiger partial charge is 0.384 e. The highest BCUT2D eigenvalue weighted by Gasteiger charge is 2.09. The second-order valence-corrected chi connectivity index (χ2v) is 7.21. The van der Waals surface area contributed by atoms with Crippen molar-refractivity contribution in [3.05, 3.63) is 22.7 Å². The van der Waals surface area contributed by atoms with Crippen molar-refractivity contribution in [1.29, 1.82) is 0 Å². The van der Waals surface area contributed by atoms with Crippen molar-refractivity contribution in [2.75, 3.05) is 23.9 Å². The van der Waals surface area contributed by atoms with Crippen LogP contribution in [-0.4, -0.2) is 27.0 Å². The second kappa shape index (κ2) is 7.37. The summed E-state index contributed by atoms with van der Waals surface area (Å²) in [5, 5.41) is 8.32. The van der Waals surface area contributed by atoms with Gasteiger partial charge < -0.3 is 5.32 Å². The van der Waals surface area contributed by atoms with Crippen LogP contribution in [0.3, 0.4) is 0 Å². The van der Waals surface area contributed by atoms with Crippen LogP contribution in [0, 0.1) is 0 Å². The number of sulfonamides is 1. The lowest BCUT2D eigenvalue weighted by molar-refractivity contribution is 0.598. The number of nitrogens with one attached hydrogen (secondary N) is 1. The number of benzene rings is 1. The van der Waals surface area contributed by atoms with Gasteiger partial charge in [-0.1, -0.05) is 0 Å². The lowest BCUT2D eigenvalue weighted by Crippen LogP contribution is -2.12. The molecule has 0 radical (unpaired) electrons. The summed E-state index contributed by atoms with van der Waals surface area (Å²) in [7, 11) is -3.64. The Kier molecular flexibility index (Phi) is 6.48. The van der Waals surface area contributed by atoms with E-state index < -0.39 is 10.0 Å². The first kappa shape index (κ1) is 15.8. The first-order valence-electron chi connectivity index (χ1n) is 5.50. The Morgan fingerprint density at radius 1 is 1.39 bits per heavy atom. The monoisotopic (exact) mass is 352 g/mol. The normalized spacial score (nSPS) is 11.5. The number of nitrogens with two attached hydrogens (primary N) is 1. The van der Waals surface area contributed by atoms with E-state index in [4.69, 9.17) is 5.14 Å². The summed E-state index contributed by atoms with van der Waals surface area (Å²) in [6.45, 7) is 0.869. The summed E-state index contributed by atoms with van der Waals surface area (Å²) in [6, 6.07) is 4.74. The van der Waals surface area contributed by atoms with E-state index in [2.05, 4.69) is 27.5 Å². The van der Waals surface area contributed by atoms with Crippen molar-refractivity contribution in [3.63, 3.8) is 0 Å². The average Bonchev–Trinajstić information content (AvgIpc) is 2.29. The van der Waals surface area contributed by atoms with E-state index in [1.54, 1.807) is 6.07 Å². The first-order chi connectivity index (χ1) is 8.45. The Morgan fingerprint density at radius 2 is 2.11 bits per heavy atom. The Labute approximate surface area is 121 Å². The van der Waals surface area contributed by atoms with Gasteiger partial charge in [0.25, 0.3) is 0 Å². The van der Waals surface area contributed by atoms with E-state index in [1.807, 2.05) is 11.8 Å². The molecule has 0 spiro atoms. The third kappa shape index (κ3) is 5.17. The van der Waals surface area contributed by atoms with Crippen LogP contribution in [0.2, 0.25) is 0 Å². The van der Waals surface area contributed by atoms with Gasteiger partial charge in [0.2, 0.25) is 10.0 Å². The number of hydrogen-bond acceptors (Lipinski definition) is 4. The van der Waals surface area contributed by atoms with E-state index >= 15 is 0 Å². The molecule has 1 aromatic carbocycles. The van der Waals surface area contributed by atoms with Gasteiger partial charge >= 0.3 is 0 Å². The maximum atomic E-state index is 11.2. The topological polar surface area (TPSA) is 72.2 Å². The molecule has 18 heavy (non-hydrogen) atoms. The highest BCUT2D eigenvalue weighted by atomic mass is 79.9. The third-order valence-corrected chi connectivity index (χ3v) is 4.62. The van der Waals surface area contributed by atoms with Crippen molar-refractivity contribution in [3.8, 4) is 0 Å². The molecule has 0 aliphatic heterocycles. The number of rotatable bonds is 7. The van der Waals surface area contributed by atoms with Gasteiger partial charge in [0.1, 0.15) is 0 Å². The van der Waals surface area contributed by atoms with Gasteiger partial charge in [0.05, 0.1) is 4.90 Å². The first-order valence-corrected chi connectivity index (χ1v) is 9.23. The number of hydrogen-bond donors (Lipinski definition) is 2. The molecule has 0 atom stereocenters. The number of thioether (sulfide) groups is 1. The van der Waals surface area contributed by atoms with Crippen LogP contribution in [0.25, 0.3) is 0 Å². The zero-order valence-electron chi connectivity index (χ0n) is 10.1. The molecule has 0 aliphatic rings. The molecule has 0 fully saturated rings. The fourth-order valence-electron chi connectivity index (χ4n) is 1.41. The molecule has 7 heteroatoms. The highest BCUT2D eigenvalue weighted by Crippen LogP contribution is 2.25. The summed E-state index contributed by atoms with van der Waals surface area (Å²) in [4.78, 5) is 0.113. The summed E-state index contributed by atoms with van der Waals surface area (Å²) < 4.78 is 23.0. The van der Waals surface area contributed by atoms with Crippen LogP contribution in [-0.2, 0) is 10.0 Å². The predicted octanol–water partition coefficient (Wildman–Crippen LogP) is 2.65. The SMILES string of the molecule is CSCCCCNc1ccc(S(N)(=O)=O)cc1Br. The van der Waals surface area contributed by atoms with Crippen LogP contribution in [0.1, 0.15) is 12.8 Å². The Hall–Kier alpha value is -0.240. The number of primary sulfonamides is 1. The molecule has 1 rings (SSSR count). The molecule has 0 saturated heterocycles. The Balaban J connectivity index is 2.58. The highest BCUT2D eigenvalue weighted by molar-refractivity contribution is 9.10. The van der Waals surface area contributed by atoms with Gasteiger partial charge in [-0.3, -0.25) is 0 Å². The lowest BCUT2D eigenvalue weighted by atomic mass is 10.3. The minimum absolute atomic E-state index is 0.113. The summed E-state index contributed by atoms with van der Waals surface area (Å²) in [5.41, 5.74) is 0.881. The van der Waals surface area contributed by atoms with Crippen molar-refractivity contribution in [1.82, 2.24) is 0 Å². The van der Waals surface area contributed by atoms with Gasteiger partial charge in [-0.05, 0) is 59.0 Å². The van der Waals surface area contributed by atoms with Crippen molar-refractivity contribution < 1.29 is 8.42 Å². The number of anilines is 1. The minimum atomic E-state index is -3.64. The predicted molar refractivity (Wildman–Crippen MR) is 81.6 cm³/mol. The Bertz CT molecular complexity index is 492. The van der Waals surface area contributed by atoms with Crippen molar-refractivity contribution in [2.45, 2.75) is 17.7 Å². The minimum Gasteiger partial charge on any atom is -0.384 e. The molecule has 0 heterocycles. The zero-order valence-corrected chi connectivity index (χ0v) is 13.4. The van der Waals surface area contributed by atoms with E-state index in [-0.39, 0.29) is 4.90 Å². The van der Waals surface area contributed by atoms with Crippen LogP contribution in [0.15, 0.2) is 27.6 Å².